The molecule has 0 radical (unpaired) electrons. The van der Waals surface area contributed by atoms with Gasteiger partial charge in [-0.25, -0.2) is 9.18 Å². The molecular weight excluding hydrogens is 467 g/mol. The zero-order chi connectivity index (χ0) is 25.5. The number of piperidine rings is 1. The van der Waals surface area contributed by atoms with Gasteiger partial charge < -0.3 is 9.64 Å². The average Bonchev–Trinajstić information content (AvgIpc) is 3.38. The second-order valence-corrected chi connectivity index (χ2v) is 10.3. The highest BCUT2D eigenvalue weighted by atomic mass is 19.1. The number of carbonyl (C=O) groups excluding carboxylic acids is 2. The van der Waals surface area contributed by atoms with Gasteiger partial charge in [0.15, 0.2) is 0 Å². The van der Waals surface area contributed by atoms with Crippen molar-refractivity contribution < 1.29 is 18.7 Å². The summed E-state index contributed by atoms with van der Waals surface area (Å²) in [7, 11) is 0. The number of hydrogen-bond donors (Lipinski definition) is 0. The van der Waals surface area contributed by atoms with E-state index in [0.717, 1.165) is 12.8 Å². The number of fused-ring (bicyclic) bond motifs is 5. The molecule has 1 aliphatic carbocycles. The Morgan fingerprint density at radius 2 is 1.57 bits per heavy atom. The highest BCUT2D eigenvalue weighted by molar-refractivity contribution is 5.84. The summed E-state index contributed by atoms with van der Waals surface area (Å²) >= 11 is 0. The number of carbonyl (C=O) groups is 2. The molecule has 3 aliphatic rings. The van der Waals surface area contributed by atoms with E-state index in [9.17, 15) is 19.2 Å². The van der Waals surface area contributed by atoms with Crippen LogP contribution in [0.5, 0.6) is 0 Å². The molecule has 186 valence electrons. The third kappa shape index (κ3) is 4.19. The van der Waals surface area contributed by atoms with Crippen LogP contribution in [-0.4, -0.2) is 35.5 Å². The van der Waals surface area contributed by atoms with Gasteiger partial charge >= 0.3 is 6.09 Å². The molecule has 2 fully saturated rings. The van der Waals surface area contributed by atoms with Crippen LogP contribution < -0.4 is 0 Å². The molecule has 6 heteroatoms. The fourth-order valence-electron chi connectivity index (χ4n) is 6.55. The Morgan fingerprint density at radius 3 is 2.19 bits per heavy atom. The Bertz CT molecular complexity index is 1370. The Hall–Kier alpha value is -3.98. The van der Waals surface area contributed by atoms with E-state index in [1.807, 2.05) is 35.2 Å². The average molecular weight is 495 g/mol. The van der Waals surface area contributed by atoms with Crippen molar-refractivity contribution in [2.24, 2.45) is 5.92 Å². The number of ether oxygens (including phenoxy) is 1. The monoisotopic (exact) mass is 494 g/mol. The molecule has 3 aromatic carbocycles. The van der Waals surface area contributed by atoms with Gasteiger partial charge in [-0.05, 0) is 65.6 Å². The SMILES string of the molecule is N#Cc1cc(F)ccc1CC(=O)C1CC2CCC(C1)N2C(=O)OCC1c2ccccc2-c2ccccc21. The maximum Gasteiger partial charge on any atom is 0.410 e. The standard InChI is InChI=1S/C31H27FN2O3/c32-22-10-9-19(21(13-22)17-33)16-30(35)20-14-23-11-12-24(15-20)34(23)31(36)37-18-29-27-7-3-1-5-25(27)26-6-2-4-8-28(26)29/h1-10,13,20,23-24,29H,11-12,14-16,18H2. The Balaban J connectivity index is 1.11. The molecule has 2 saturated heterocycles. The Labute approximate surface area is 215 Å². The third-order valence-corrected chi connectivity index (χ3v) is 8.29. The van der Waals surface area contributed by atoms with Crippen LogP contribution in [0, 0.1) is 23.1 Å². The van der Waals surface area contributed by atoms with Crippen molar-refractivity contribution in [1.29, 1.82) is 5.26 Å². The smallest absolute Gasteiger partial charge is 0.410 e. The second kappa shape index (κ2) is 9.48. The first-order valence-corrected chi connectivity index (χ1v) is 12.9. The van der Waals surface area contributed by atoms with Crippen molar-refractivity contribution >= 4 is 11.9 Å². The minimum Gasteiger partial charge on any atom is -0.448 e. The number of hydrogen-bond acceptors (Lipinski definition) is 4. The largest absolute Gasteiger partial charge is 0.448 e. The normalized spacial score (nSPS) is 21.7. The molecule has 0 saturated carbocycles. The number of ketones is 1. The van der Waals surface area contributed by atoms with Crippen molar-refractivity contribution in [2.45, 2.75) is 50.1 Å². The van der Waals surface area contributed by atoms with Gasteiger partial charge in [-0.3, -0.25) is 4.79 Å². The first-order chi connectivity index (χ1) is 18.0. The topological polar surface area (TPSA) is 70.4 Å². The van der Waals surface area contributed by atoms with Gasteiger partial charge in [-0.2, -0.15) is 5.26 Å². The zero-order valence-corrected chi connectivity index (χ0v) is 20.4. The van der Waals surface area contributed by atoms with Crippen molar-refractivity contribution in [2.75, 3.05) is 6.61 Å². The van der Waals surface area contributed by atoms with E-state index in [1.54, 1.807) is 0 Å². The lowest BCUT2D eigenvalue weighted by molar-refractivity contribution is -0.124. The van der Waals surface area contributed by atoms with Gasteiger partial charge in [-0.1, -0.05) is 54.6 Å². The van der Waals surface area contributed by atoms with Crippen LogP contribution in [0.25, 0.3) is 11.1 Å². The van der Waals surface area contributed by atoms with Crippen LogP contribution in [0.2, 0.25) is 0 Å². The van der Waals surface area contributed by atoms with Crippen LogP contribution in [0.15, 0.2) is 66.7 Å². The lowest BCUT2D eigenvalue weighted by Gasteiger charge is -2.37. The van der Waals surface area contributed by atoms with Gasteiger partial charge in [0.2, 0.25) is 0 Å². The minimum absolute atomic E-state index is 0.0122. The lowest BCUT2D eigenvalue weighted by atomic mass is 9.84. The molecule has 2 bridgehead atoms. The van der Waals surface area contributed by atoms with Crippen LogP contribution in [0.1, 0.15) is 53.9 Å². The predicted octanol–water partition coefficient (Wildman–Crippen LogP) is 6.00. The maximum atomic E-state index is 13.5. The molecule has 2 unspecified atom stereocenters. The number of halogens is 1. The van der Waals surface area contributed by atoms with Gasteiger partial charge in [0, 0.05) is 30.3 Å². The molecule has 37 heavy (non-hydrogen) atoms. The summed E-state index contributed by atoms with van der Waals surface area (Å²) < 4.78 is 19.4. The summed E-state index contributed by atoms with van der Waals surface area (Å²) in [6, 6.07) is 22.5. The summed E-state index contributed by atoms with van der Waals surface area (Å²) in [5.74, 6) is -0.598. The van der Waals surface area contributed by atoms with Gasteiger partial charge in [-0.15, -0.1) is 0 Å². The highest BCUT2D eigenvalue weighted by Gasteiger charge is 2.46. The predicted molar refractivity (Wildman–Crippen MR) is 136 cm³/mol. The maximum absolute atomic E-state index is 13.5. The van der Waals surface area contributed by atoms with Crippen molar-refractivity contribution in [3.05, 3.63) is 94.8 Å². The van der Waals surface area contributed by atoms with Crippen LogP contribution in [0.3, 0.4) is 0 Å². The van der Waals surface area contributed by atoms with Crippen LogP contribution in [-0.2, 0) is 16.0 Å². The Morgan fingerprint density at radius 1 is 0.946 bits per heavy atom. The zero-order valence-electron chi connectivity index (χ0n) is 20.4. The molecule has 6 rings (SSSR count). The molecule has 2 heterocycles. The molecule has 5 nitrogen and oxygen atoms in total. The molecule has 2 aliphatic heterocycles. The summed E-state index contributed by atoms with van der Waals surface area (Å²) in [4.78, 5) is 28.2. The van der Waals surface area contributed by atoms with Gasteiger partial charge in [0.05, 0.1) is 11.6 Å². The molecule has 2 atom stereocenters. The number of Topliss-reactive ketones (excluding diaryl/α,β-unsaturated/α-hetero) is 1. The second-order valence-electron chi connectivity index (χ2n) is 10.3. The van der Waals surface area contributed by atoms with E-state index in [1.165, 1.54) is 40.5 Å². The molecule has 1 amide bonds. The first-order valence-electron chi connectivity index (χ1n) is 12.9. The highest BCUT2D eigenvalue weighted by Crippen LogP contribution is 2.45. The van der Waals surface area contributed by atoms with E-state index < -0.39 is 5.82 Å². The molecule has 0 spiro atoms. The molecular formula is C31H27FN2O3. The summed E-state index contributed by atoms with van der Waals surface area (Å²) in [6.45, 7) is 0.284. The number of benzene rings is 3. The minimum atomic E-state index is -0.484. The van der Waals surface area contributed by atoms with E-state index in [2.05, 4.69) is 24.3 Å². The lowest BCUT2D eigenvalue weighted by Crippen LogP contribution is -2.48. The van der Waals surface area contributed by atoms with Gasteiger partial charge in [0.1, 0.15) is 18.2 Å². The number of nitriles is 1. The van der Waals surface area contributed by atoms with E-state index in [4.69, 9.17) is 4.74 Å². The van der Waals surface area contributed by atoms with E-state index >= 15 is 0 Å². The fourth-order valence-corrected chi connectivity index (χ4v) is 6.55. The summed E-state index contributed by atoms with van der Waals surface area (Å²) in [6.07, 6.45) is 2.73. The molecule has 3 aromatic rings. The summed E-state index contributed by atoms with van der Waals surface area (Å²) in [5, 5.41) is 9.31. The molecule has 0 aromatic heterocycles. The number of rotatable bonds is 5. The third-order valence-electron chi connectivity index (χ3n) is 8.29. The van der Waals surface area contributed by atoms with Crippen LogP contribution >= 0.6 is 0 Å². The first kappa shape index (κ1) is 23.4. The number of amides is 1. The van der Waals surface area contributed by atoms with Crippen LogP contribution in [0.4, 0.5) is 9.18 Å². The summed E-state index contributed by atoms with van der Waals surface area (Å²) in [5.41, 5.74) is 5.51. The van der Waals surface area contributed by atoms with Crippen molar-refractivity contribution in [1.82, 2.24) is 4.90 Å². The van der Waals surface area contributed by atoms with Crippen molar-refractivity contribution in [3.8, 4) is 17.2 Å². The Kier molecular flexibility index (Phi) is 6.00. The number of nitrogens with zero attached hydrogens (tertiary/aromatic N) is 2. The van der Waals surface area contributed by atoms with E-state index in [0.29, 0.717) is 18.4 Å². The van der Waals surface area contributed by atoms with E-state index in [-0.39, 0.29) is 54.4 Å². The van der Waals surface area contributed by atoms with Crippen molar-refractivity contribution in [3.63, 3.8) is 0 Å². The van der Waals surface area contributed by atoms with Gasteiger partial charge in [0.25, 0.3) is 0 Å². The quantitative estimate of drug-likeness (QED) is 0.436. The molecule has 0 N–H and O–H groups in total. The fraction of sp³-hybridized carbons (Fsp3) is 0.323.